The molecule has 4 rings (SSSR count). The van der Waals surface area contributed by atoms with Crippen molar-refractivity contribution < 1.29 is 4.79 Å². The van der Waals surface area contributed by atoms with E-state index in [0.717, 1.165) is 36.4 Å². The Bertz CT molecular complexity index is 838. The van der Waals surface area contributed by atoms with E-state index >= 15 is 0 Å². The molecule has 3 aromatic rings. The first-order valence-corrected chi connectivity index (χ1v) is 8.08. The zero-order valence-electron chi connectivity index (χ0n) is 13.0. The van der Waals surface area contributed by atoms with E-state index in [0.29, 0.717) is 13.0 Å². The first-order valence-electron chi connectivity index (χ1n) is 8.08. The number of aromatic nitrogens is 2. The van der Waals surface area contributed by atoms with E-state index in [2.05, 4.69) is 21.5 Å². The lowest BCUT2D eigenvalue weighted by Gasteiger charge is -2.26. The fourth-order valence-electron chi connectivity index (χ4n) is 3.23. The summed E-state index contributed by atoms with van der Waals surface area (Å²) in [5, 5.41) is 0. The molecule has 0 saturated heterocycles. The predicted molar refractivity (Wildman–Crippen MR) is 89.1 cm³/mol. The molecule has 0 aliphatic carbocycles. The smallest absolute Gasteiger partial charge is 0.223 e. The number of hydrogen-bond donors (Lipinski definition) is 0. The molecule has 4 nitrogen and oxygen atoms in total. The molecule has 0 radical (unpaired) electrons. The third-order valence-electron chi connectivity index (χ3n) is 4.49. The number of amides is 1. The molecular formula is C19H19N3O. The van der Waals surface area contributed by atoms with E-state index in [-0.39, 0.29) is 5.91 Å². The second kappa shape index (κ2) is 5.88. The number of imidazole rings is 1. The minimum atomic E-state index is 0.227. The number of benzene rings is 1. The van der Waals surface area contributed by atoms with Crippen molar-refractivity contribution in [1.82, 2.24) is 14.3 Å². The van der Waals surface area contributed by atoms with Gasteiger partial charge < -0.3 is 9.30 Å². The highest BCUT2D eigenvalue weighted by Crippen LogP contribution is 2.21. The van der Waals surface area contributed by atoms with Gasteiger partial charge in [-0.3, -0.25) is 4.79 Å². The minimum absolute atomic E-state index is 0.227. The normalized spacial score (nSPS) is 14.0. The van der Waals surface area contributed by atoms with Crippen LogP contribution in [0.3, 0.4) is 0 Å². The molecule has 0 spiro atoms. The van der Waals surface area contributed by atoms with Crippen molar-refractivity contribution in [3.05, 3.63) is 71.7 Å². The summed E-state index contributed by atoms with van der Waals surface area (Å²) in [7, 11) is 0. The van der Waals surface area contributed by atoms with E-state index in [1.54, 1.807) is 0 Å². The zero-order valence-corrected chi connectivity index (χ0v) is 13.0. The van der Waals surface area contributed by atoms with E-state index in [4.69, 9.17) is 0 Å². The van der Waals surface area contributed by atoms with Crippen LogP contribution in [-0.2, 0) is 24.2 Å². The van der Waals surface area contributed by atoms with Crippen molar-refractivity contribution in [2.45, 2.75) is 25.8 Å². The topological polar surface area (TPSA) is 37.6 Å². The number of fused-ring (bicyclic) bond motifs is 3. The summed E-state index contributed by atoms with van der Waals surface area (Å²) in [5.74, 6) is 0.227. The second-order valence-electron chi connectivity index (χ2n) is 5.98. The van der Waals surface area contributed by atoms with Crippen LogP contribution in [0.15, 0.2) is 54.7 Å². The highest BCUT2D eigenvalue weighted by atomic mass is 16.2. The van der Waals surface area contributed by atoms with Gasteiger partial charge in [0.1, 0.15) is 5.65 Å². The maximum Gasteiger partial charge on any atom is 0.223 e. The minimum Gasteiger partial charge on any atom is -0.336 e. The molecule has 1 aliphatic heterocycles. The van der Waals surface area contributed by atoms with E-state index in [9.17, 15) is 4.79 Å². The predicted octanol–water partition coefficient (Wildman–Crippen LogP) is 2.85. The summed E-state index contributed by atoms with van der Waals surface area (Å²) in [5.41, 5.74) is 4.47. The summed E-state index contributed by atoms with van der Waals surface area (Å²) >= 11 is 0. The molecule has 1 aromatic carbocycles. The van der Waals surface area contributed by atoms with Crippen LogP contribution in [0.4, 0.5) is 0 Å². The quantitative estimate of drug-likeness (QED) is 0.746. The van der Waals surface area contributed by atoms with Gasteiger partial charge in [0.05, 0.1) is 17.9 Å². The molecule has 2 aromatic heterocycles. The Morgan fingerprint density at radius 2 is 1.91 bits per heavy atom. The van der Waals surface area contributed by atoms with Gasteiger partial charge in [-0.25, -0.2) is 4.98 Å². The molecule has 4 heteroatoms. The van der Waals surface area contributed by atoms with Crippen LogP contribution in [0.2, 0.25) is 0 Å². The first-order chi connectivity index (χ1) is 11.3. The molecule has 3 heterocycles. The molecule has 1 aliphatic rings. The largest absolute Gasteiger partial charge is 0.336 e. The van der Waals surface area contributed by atoms with Gasteiger partial charge in [0.15, 0.2) is 0 Å². The number of aryl methyl sites for hydroxylation is 1. The highest BCUT2D eigenvalue weighted by molar-refractivity contribution is 5.76. The molecule has 0 bridgehead atoms. The van der Waals surface area contributed by atoms with Gasteiger partial charge in [0.2, 0.25) is 5.91 Å². The summed E-state index contributed by atoms with van der Waals surface area (Å²) < 4.78 is 2.10. The van der Waals surface area contributed by atoms with Gasteiger partial charge in [0.25, 0.3) is 0 Å². The third-order valence-corrected chi connectivity index (χ3v) is 4.49. The average Bonchev–Trinajstić information content (AvgIpc) is 2.98. The highest BCUT2D eigenvalue weighted by Gasteiger charge is 2.24. The fraction of sp³-hybridized carbons (Fsp3) is 0.263. The van der Waals surface area contributed by atoms with Gasteiger partial charge in [-0.2, -0.15) is 0 Å². The summed E-state index contributed by atoms with van der Waals surface area (Å²) in [6.45, 7) is 1.43. The third kappa shape index (κ3) is 2.72. The maximum absolute atomic E-state index is 12.5. The van der Waals surface area contributed by atoms with Gasteiger partial charge in [-0.1, -0.05) is 36.4 Å². The number of pyridine rings is 1. The summed E-state index contributed by atoms with van der Waals surface area (Å²) in [6.07, 6.45) is 4.24. The van der Waals surface area contributed by atoms with Crippen molar-refractivity contribution in [3.8, 4) is 0 Å². The van der Waals surface area contributed by atoms with Crippen molar-refractivity contribution >= 4 is 11.6 Å². The Labute approximate surface area is 135 Å². The fourth-order valence-corrected chi connectivity index (χ4v) is 3.23. The number of nitrogens with zero attached hydrogens (tertiary/aromatic N) is 3. The molecule has 0 saturated carbocycles. The molecule has 0 unspecified atom stereocenters. The molecule has 0 atom stereocenters. The van der Waals surface area contributed by atoms with Crippen LogP contribution in [0.5, 0.6) is 0 Å². The Morgan fingerprint density at radius 1 is 1.09 bits per heavy atom. The van der Waals surface area contributed by atoms with Crippen LogP contribution >= 0.6 is 0 Å². The number of rotatable bonds is 3. The van der Waals surface area contributed by atoms with Crippen LogP contribution in [0.25, 0.3) is 5.65 Å². The van der Waals surface area contributed by atoms with Crippen LogP contribution in [0.1, 0.15) is 23.4 Å². The van der Waals surface area contributed by atoms with Crippen molar-refractivity contribution in [3.63, 3.8) is 0 Å². The van der Waals surface area contributed by atoms with Gasteiger partial charge in [-0.15, -0.1) is 0 Å². The first kappa shape index (κ1) is 14.0. The van der Waals surface area contributed by atoms with Crippen LogP contribution < -0.4 is 0 Å². The standard InChI is InChI=1S/C19H19N3O/c23-19(10-9-15-6-2-1-3-7-15)21-13-11-16-17(14-21)22-12-5-4-8-18(22)20-16/h1-8,12H,9-11,13-14H2. The molecule has 0 N–H and O–H groups in total. The molecular weight excluding hydrogens is 286 g/mol. The Balaban J connectivity index is 1.48. The lowest BCUT2D eigenvalue weighted by atomic mass is 10.1. The average molecular weight is 305 g/mol. The van der Waals surface area contributed by atoms with Gasteiger partial charge in [-0.05, 0) is 24.1 Å². The van der Waals surface area contributed by atoms with Crippen LogP contribution in [-0.4, -0.2) is 26.7 Å². The van der Waals surface area contributed by atoms with Gasteiger partial charge >= 0.3 is 0 Å². The Morgan fingerprint density at radius 3 is 2.78 bits per heavy atom. The van der Waals surface area contributed by atoms with Gasteiger partial charge in [0, 0.05) is 25.6 Å². The molecule has 0 fully saturated rings. The molecule has 116 valence electrons. The zero-order chi connectivity index (χ0) is 15.6. The number of carbonyl (C=O) groups excluding carboxylic acids is 1. The summed E-state index contributed by atoms with van der Waals surface area (Å²) in [4.78, 5) is 19.2. The summed E-state index contributed by atoms with van der Waals surface area (Å²) in [6, 6.07) is 16.2. The monoisotopic (exact) mass is 305 g/mol. The second-order valence-corrected chi connectivity index (χ2v) is 5.98. The van der Waals surface area contributed by atoms with E-state index in [1.807, 2.05) is 47.5 Å². The maximum atomic E-state index is 12.5. The SMILES string of the molecule is O=C(CCc1ccccc1)N1CCc2nc3ccccn3c2C1. The Hall–Kier alpha value is -2.62. The number of hydrogen-bond acceptors (Lipinski definition) is 2. The lowest BCUT2D eigenvalue weighted by molar-refractivity contribution is -0.132. The van der Waals surface area contributed by atoms with Crippen molar-refractivity contribution in [2.24, 2.45) is 0 Å². The Kier molecular flexibility index (Phi) is 3.58. The number of carbonyl (C=O) groups is 1. The van der Waals surface area contributed by atoms with Crippen molar-refractivity contribution in [2.75, 3.05) is 6.54 Å². The molecule has 23 heavy (non-hydrogen) atoms. The molecule has 1 amide bonds. The van der Waals surface area contributed by atoms with Crippen molar-refractivity contribution in [1.29, 1.82) is 0 Å². The van der Waals surface area contributed by atoms with Crippen LogP contribution in [0, 0.1) is 0 Å². The lowest BCUT2D eigenvalue weighted by Crippen LogP contribution is -2.36. The van der Waals surface area contributed by atoms with E-state index in [1.165, 1.54) is 5.56 Å². The van der Waals surface area contributed by atoms with E-state index < -0.39 is 0 Å².